The molecule has 10 heteroatoms. The van der Waals surface area contributed by atoms with E-state index >= 15 is 0 Å². The number of nitrogens with zero attached hydrogens (tertiary/aromatic N) is 1. The molecule has 1 aliphatic heterocycles. The van der Waals surface area contributed by atoms with Crippen LogP contribution in [-0.2, 0) is 21.5 Å². The van der Waals surface area contributed by atoms with Crippen molar-refractivity contribution in [1.82, 2.24) is 4.90 Å². The van der Waals surface area contributed by atoms with Crippen molar-refractivity contribution < 1.29 is 31.3 Å². The monoisotopic (exact) mass is 437 g/mol. The Hall–Kier alpha value is -2.85. The van der Waals surface area contributed by atoms with E-state index in [0.717, 1.165) is 22.9 Å². The van der Waals surface area contributed by atoms with E-state index in [1.54, 1.807) is 0 Å². The molecule has 0 N–H and O–H groups in total. The second-order valence-corrected chi connectivity index (χ2v) is 8.66. The van der Waals surface area contributed by atoms with Gasteiger partial charge >= 0.3 is 10.1 Å². The van der Waals surface area contributed by atoms with E-state index < -0.39 is 27.1 Å². The molecule has 0 atom stereocenters. The standard InChI is InChI=1S/C19H16FNO6S2/c1-26-16-9-13(5-8-15(16)27-29(2,24)25)10-17-18(22)21(19(23)28-17)11-12-3-6-14(20)7-4-12/h3-10H,11H2,1-2H3/b17-10-. The fraction of sp³-hybridized carbons (Fsp3) is 0.158. The van der Waals surface area contributed by atoms with Crippen LogP contribution in [0.5, 0.6) is 11.5 Å². The van der Waals surface area contributed by atoms with Crippen molar-refractivity contribution in [1.29, 1.82) is 0 Å². The smallest absolute Gasteiger partial charge is 0.306 e. The Kier molecular flexibility index (Phi) is 5.94. The number of halogens is 1. The van der Waals surface area contributed by atoms with E-state index in [1.165, 1.54) is 55.7 Å². The van der Waals surface area contributed by atoms with Gasteiger partial charge in [0.2, 0.25) is 0 Å². The number of benzene rings is 2. The summed E-state index contributed by atoms with van der Waals surface area (Å²) in [5.74, 6) is -0.703. The van der Waals surface area contributed by atoms with Gasteiger partial charge in [-0.2, -0.15) is 8.42 Å². The SMILES string of the molecule is COc1cc(/C=C2\SC(=O)N(Cc3ccc(F)cc3)C2=O)ccc1OS(C)(=O)=O. The topological polar surface area (TPSA) is 90.0 Å². The van der Waals surface area contributed by atoms with Crippen LogP contribution in [0.4, 0.5) is 9.18 Å². The van der Waals surface area contributed by atoms with Gasteiger partial charge in [-0.15, -0.1) is 0 Å². The second-order valence-electron chi connectivity index (χ2n) is 6.09. The summed E-state index contributed by atoms with van der Waals surface area (Å²) < 4.78 is 45.6. The number of carbonyl (C=O) groups excluding carboxylic acids is 2. The predicted molar refractivity (Wildman–Crippen MR) is 106 cm³/mol. The number of hydrogen-bond donors (Lipinski definition) is 0. The molecular weight excluding hydrogens is 421 g/mol. The van der Waals surface area contributed by atoms with Gasteiger partial charge in [0.15, 0.2) is 11.5 Å². The van der Waals surface area contributed by atoms with Crippen LogP contribution >= 0.6 is 11.8 Å². The maximum absolute atomic E-state index is 13.0. The normalized spacial score (nSPS) is 15.8. The summed E-state index contributed by atoms with van der Waals surface area (Å²) >= 11 is 0.783. The van der Waals surface area contributed by atoms with Gasteiger partial charge in [-0.1, -0.05) is 18.2 Å². The zero-order valence-electron chi connectivity index (χ0n) is 15.4. The molecule has 1 aliphatic rings. The zero-order chi connectivity index (χ0) is 21.2. The van der Waals surface area contributed by atoms with Gasteiger partial charge in [-0.25, -0.2) is 4.39 Å². The molecule has 3 rings (SSSR count). The van der Waals surface area contributed by atoms with Crippen molar-refractivity contribution >= 4 is 39.1 Å². The van der Waals surface area contributed by atoms with E-state index in [9.17, 15) is 22.4 Å². The quantitative estimate of drug-likeness (QED) is 0.505. The lowest BCUT2D eigenvalue weighted by molar-refractivity contribution is -0.123. The average molecular weight is 437 g/mol. The van der Waals surface area contributed by atoms with Gasteiger partial charge in [0.1, 0.15) is 5.82 Å². The molecule has 0 saturated carbocycles. The number of thioether (sulfide) groups is 1. The molecule has 0 aliphatic carbocycles. The minimum absolute atomic E-state index is 0.0107. The highest BCUT2D eigenvalue weighted by atomic mass is 32.2. The number of rotatable bonds is 6. The van der Waals surface area contributed by atoms with E-state index in [0.29, 0.717) is 11.1 Å². The van der Waals surface area contributed by atoms with Crippen LogP contribution in [0.25, 0.3) is 6.08 Å². The molecular formula is C19H16FNO6S2. The summed E-state index contributed by atoms with van der Waals surface area (Å²) in [7, 11) is -2.38. The van der Waals surface area contributed by atoms with Gasteiger partial charge in [-0.3, -0.25) is 14.5 Å². The molecule has 0 bridgehead atoms. The zero-order valence-corrected chi connectivity index (χ0v) is 17.1. The first-order valence-electron chi connectivity index (χ1n) is 8.23. The largest absolute Gasteiger partial charge is 0.493 e. The summed E-state index contributed by atoms with van der Waals surface area (Å²) in [5.41, 5.74) is 1.15. The number of imide groups is 1. The molecule has 2 amide bonds. The lowest BCUT2D eigenvalue weighted by Crippen LogP contribution is -2.27. The minimum Gasteiger partial charge on any atom is -0.493 e. The fourth-order valence-corrected chi connectivity index (χ4v) is 3.87. The lowest BCUT2D eigenvalue weighted by Gasteiger charge is -2.12. The molecule has 2 aromatic rings. The number of hydrogen-bond acceptors (Lipinski definition) is 7. The first-order chi connectivity index (χ1) is 13.7. The van der Waals surface area contributed by atoms with Gasteiger partial charge in [0.25, 0.3) is 11.1 Å². The number of methoxy groups -OCH3 is 1. The second kappa shape index (κ2) is 8.26. The molecule has 1 saturated heterocycles. The molecule has 7 nitrogen and oxygen atoms in total. The molecule has 1 heterocycles. The van der Waals surface area contributed by atoms with Crippen molar-refractivity contribution in [2.24, 2.45) is 0 Å². The van der Waals surface area contributed by atoms with E-state index in [1.807, 2.05) is 0 Å². The summed E-state index contributed by atoms with van der Waals surface area (Å²) in [5, 5.41) is -0.436. The van der Waals surface area contributed by atoms with E-state index in [4.69, 9.17) is 8.92 Å². The van der Waals surface area contributed by atoms with Crippen molar-refractivity contribution in [3.63, 3.8) is 0 Å². The Balaban J connectivity index is 1.82. The van der Waals surface area contributed by atoms with E-state index in [2.05, 4.69) is 0 Å². The first-order valence-corrected chi connectivity index (χ1v) is 10.9. The van der Waals surface area contributed by atoms with Crippen molar-refractivity contribution in [2.75, 3.05) is 13.4 Å². The van der Waals surface area contributed by atoms with Crippen molar-refractivity contribution in [3.8, 4) is 11.5 Å². The maximum Gasteiger partial charge on any atom is 0.306 e. The third-order valence-corrected chi connectivity index (χ3v) is 5.24. The summed E-state index contributed by atoms with van der Waals surface area (Å²) in [6.45, 7) is 0.0345. The molecule has 0 aromatic heterocycles. The highest BCUT2D eigenvalue weighted by molar-refractivity contribution is 8.18. The Labute approximate surface area is 171 Å². The van der Waals surface area contributed by atoms with Gasteiger partial charge in [-0.05, 0) is 53.2 Å². The highest BCUT2D eigenvalue weighted by Crippen LogP contribution is 2.35. The van der Waals surface area contributed by atoms with Crippen LogP contribution < -0.4 is 8.92 Å². The summed E-state index contributed by atoms with van der Waals surface area (Å²) in [6.07, 6.45) is 2.42. The minimum atomic E-state index is -3.73. The third kappa shape index (κ3) is 5.15. The Bertz CT molecular complexity index is 1100. The van der Waals surface area contributed by atoms with Gasteiger partial charge in [0.05, 0.1) is 24.8 Å². The van der Waals surface area contributed by atoms with Crippen molar-refractivity contribution in [2.45, 2.75) is 6.54 Å². The first kappa shape index (κ1) is 20.9. The fourth-order valence-electron chi connectivity index (χ4n) is 2.57. The molecule has 0 spiro atoms. The molecule has 2 aromatic carbocycles. The Morgan fingerprint density at radius 3 is 2.41 bits per heavy atom. The Morgan fingerprint density at radius 2 is 1.79 bits per heavy atom. The van der Waals surface area contributed by atoms with Crippen LogP contribution in [0.3, 0.4) is 0 Å². The highest BCUT2D eigenvalue weighted by Gasteiger charge is 2.35. The predicted octanol–water partition coefficient (Wildman–Crippen LogP) is 3.41. The molecule has 0 radical (unpaired) electrons. The van der Waals surface area contributed by atoms with Crippen LogP contribution in [0.2, 0.25) is 0 Å². The van der Waals surface area contributed by atoms with Gasteiger partial charge < -0.3 is 8.92 Å². The van der Waals surface area contributed by atoms with Crippen LogP contribution in [0.1, 0.15) is 11.1 Å². The maximum atomic E-state index is 13.0. The molecule has 1 fully saturated rings. The van der Waals surface area contributed by atoms with E-state index in [-0.39, 0.29) is 22.9 Å². The van der Waals surface area contributed by atoms with Crippen LogP contribution in [0.15, 0.2) is 47.4 Å². The van der Waals surface area contributed by atoms with Crippen molar-refractivity contribution in [3.05, 3.63) is 64.3 Å². The van der Waals surface area contributed by atoms with Crippen LogP contribution in [0, 0.1) is 5.82 Å². The lowest BCUT2D eigenvalue weighted by atomic mass is 10.1. The molecule has 152 valence electrons. The molecule has 29 heavy (non-hydrogen) atoms. The molecule has 0 unspecified atom stereocenters. The summed E-state index contributed by atoms with van der Waals surface area (Å²) in [4.78, 5) is 26.1. The summed E-state index contributed by atoms with van der Waals surface area (Å²) in [6, 6.07) is 9.97. The number of amides is 2. The number of ether oxygens (including phenoxy) is 1. The average Bonchev–Trinajstić information content (AvgIpc) is 2.91. The third-order valence-electron chi connectivity index (χ3n) is 3.85. The number of carbonyl (C=O) groups is 2. The Morgan fingerprint density at radius 1 is 1.10 bits per heavy atom. The van der Waals surface area contributed by atoms with Crippen LogP contribution in [-0.4, -0.2) is 37.8 Å². The van der Waals surface area contributed by atoms with Gasteiger partial charge in [0, 0.05) is 0 Å².